The molecule has 0 N–H and O–H groups in total. The van der Waals surface area contributed by atoms with Crippen LogP contribution in [0.3, 0.4) is 0 Å². The van der Waals surface area contributed by atoms with E-state index >= 15 is 0 Å². The topological polar surface area (TPSA) is 27.7 Å². The van der Waals surface area contributed by atoms with Crippen molar-refractivity contribution in [3.63, 3.8) is 0 Å². The predicted octanol–water partition coefficient (Wildman–Crippen LogP) is 3.37. The van der Waals surface area contributed by atoms with Gasteiger partial charge in [-0.25, -0.2) is 0 Å². The van der Waals surface area contributed by atoms with Crippen LogP contribution < -0.4 is 4.74 Å². The fourth-order valence-electron chi connectivity index (χ4n) is 1.77. The lowest BCUT2D eigenvalue weighted by atomic mass is 10.1. The lowest BCUT2D eigenvalue weighted by Gasteiger charge is -2.30. The van der Waals surface area contributed by atoms with E-state index in [-0.39, 0.29) is 0 Å². The number of methoxy groups -OCH3 is 2. The average molecular weight is 238 g/mol. The molecule has 0 aliphatic carbocycles. The number of aryl methyl sites for hydroxylation is 1. The van der Waals surface area contributed by atoms with Gasteiger partial charge in [0, 0.05) is 20.6 Å². The Morgan fingerprint density at radius 3 is 2.24 bits per heavy atom. The average Bonchev–Trinajstić information content (AvgIpc) is 2.38. The first kappa shape index (κ1) is 14.0. The maximum Gasteiger partial charge on any atom is 0.326 e. The molecule has 0 aliphatic heterocycles. The molecule has 0 heterocycles. The Morgan fingerprint density at radius 2 is 1.71 bits per heavy atom. The summed E-state index contributed by atoms with van der Waals surface area (Å²) in [5, 5.41) is 0. The Labute approximate surface area is 104 Å². The van der Waals surface area contributed by atoms with Gasteiger partial charge in [-0.1, -0.05) is 38.5 Å². The molecule has 3 heteroatoms. The van der Waals surface area contributed by atoms with E-state index in [0.717, 1.165) is 18.6 Å². The highest BCUT2D eigenvalue weighted by Crippen LogP contribution is 2.27. The van der Waals surface area contributed by atoms with E-state index in [1.165, 1.54) is 5.56 Å². The molecule has 0 atom stereocenters. The van der Waals surface area contributed by atoms with Gasteiger partial charge in [-0.2, -0.15) is 0 Å². The van der Waals surface area contributed by atoms with Gasteiger partial charge in [0.25, 0.3) is 0 Å². The molecule has 0 fully saturated rings. The lowest BCUT2D eigenvalue weighted by Crippen LogP contribution is -2.39. The standard InChI is InChI=1S/C14H22O3/c1-5-9-12-10-7-8-11-13(12)17-14(6-2,15-3)16-4/h7-8,10-11H,5-6,9H2,1-4H3. The van der Waals surface area contributed by atoms with Crippen molar-refractivity contribution in [3.05, 3.63) is 29.8 Å². The van der Waals surface area contributed by atoms with Crippen LogP contribution in [-0.2, 0) is 15.9 Å². The molecule has 1 aromatic rings. The summed E-state index contributed by atoms with van der Waals surface area (Å²) in [5.41, 5.74) is 1.18. The molecule has 0 saturated heterocycles. The van der Waals surface area contributed by atoms with Crippen LogP contribution in [0.4, 0.5) is 0 Å². The summed E-state index contributed by atoms with van der Waals surface area (Å²) in [4.78, 5) is 0. The van der Waals surface area contributed by atoms with E-state index in [2.05, 4.69) is 13.0 Å². The molecule has 0 spiro atoms. The van der Waals surface area contributed by atoms with Crippen LogP contribution in [0.1, 0.15) is 32.3 Å². The third-order valence-corrected chi connectivity index (χ3v) is 2.81. The molecule has 0 unspecified atom stereocenters. The third-order valence-electron chi connectivity index (χ3n) is 2.81. The van der Waals surface area contributed by atoms with Crippen molar-refractivity contribution in [2.45, 2.75) is 39.1 Å². The van der Waals surface area contributed by atoms with Crippen molar-refractivity contribution in [2.75, 3.05) is 14.2 Å². The Bertz CT molecular complexity index is 324. The first-order valence-electron chi connectivity index (χ1n) is 6.08. The zero-order valence-corrected chi connectivity index (χ0v) is 11.2. The van der Waals surface area contributed by atoms with Crippen LogP contribution in [0.2, 0.25) is 0 Å². The van der Waals surface area contributed by atoms with Gasteiger partial charge in [-0.15, -0.1) is 0 Å². The largest absolute Gasteiger partial charge is 0.439 e. The van der Waals surface area contributed by atoms with E-state index < -0.39 is 5.97 Å². The van der Waals surface area contributed by atoms with Crippen molar-refractivity contribution < 1.29 is 14.2 Å². The van der Waals surface area contributed by atoms with Crippen LogP contribution in [0.5, 0.6) is 5.75 Å². The highest BCUT2D eigenvalue weighted by Gasteiger charge is 2.30. The van der Waals surface area contributed by atoms with Gasteiger partial charge in [-0.05, 0) is 18.1 Å². The zero-order chi connectivity index (χ0) is 12.7. The molecule has 0 saturated carbocycles. The smallest absolute Gasteiger partial charge is 0.326 e. The predicted molar refractivity (Wildman–Crippen MR) is 68.1 cm³/mol. The molecule has 1 aromatic carbocycles. The molecule has 0 radical (unpaired) electrons. The Morgan fingerprint density at radius 1 is 1.06 bits per heavy atom. The molecule has 0 aromatic heterocycles. The van der Waals surface area contributed by atoms with Crippen molar-refractivity contribution >= 4 is 0 Å². The van der Waals surface area contributed by atoms with Gasteiger partial charge in [-0.3, -0.25) is 0 Å². The fourth-order valence-corrected chi connectivity index (χ4v) is 1.77. The van der Waals surface area contributed by atoms with Gasteiger partial charge in [0.05, 0.1) is 0 Å². The molecule has 96 valence electrons. The zero-order valence-electron chi connectivity index (χ0n) is 11.2. The number of hydrogen-bond acceptors (Lipinski definition) is 3. The highest BCUT2D eigenvalue weighted by molar-refractivity contribution is 5.33. The number of para-hydroxylation sites is 1. The number of hydrogen-bond donors (Lipinski definition) is 0. The number of ether oxygens (including phenoxy) is 3. The van der Waals surface area contributed by atoms with Crippen LogP contribution in [0.15, 0.2) is 24.3 Å². The lowest BCUT2D eigenvalue weighted by molar-refractivity contribution is -0.323. The Kier molecular flexibility index (Phi) is 5.45. The van der Waals surface area contributed by atoms with Crippen molar-refractivity contribution in [1.82, 2.24) is 0 Å². The fraction of sp³-hybridized carbons (Fsp3) is 0.571. The SMILES string of the molecule is CCCc1ccccc1OC(CC)(OC)OC. The summed E-state index contributed by atoms with van der Waals surface area (Å²) in [5.74, 6) is -0.149. The van der Waals surface area contributed by atoms with Crippen LogP contribution in [0.25, 0.3) is 0 Å². The summed E-state index contributed by atoms with van der Waals surface area (Å²) < 4.78 is 16.5. The molecular formula is C14H22O3. The Balaban J connectivity index is 2.92. The summed E-state index contributed by atoms with van der Waals surface area (Å²) in [6.45, 7) is 4.12. The van der Waals surface area contributed by atoms with E-state index in [1.54, 1.807) is 14.2 Å². The van der Waals surface area contributed by atoms with Crippen LogP contribution >= 0.6 is 0 Å². The number of benzene rings is 1. The molecule has 0 aliphatic rings. The minimum absolute atomic E-state index is 0.625. The quantitative estimate of drug-likeness (QED) is 0.682. The summed E-state index contributed by atoms with van der Waals surface area (Å²) in [7, 11) is 3.19. The van der Waals surface area contributed by atoms with Gasteiger partial charge in [0.2, 0.25) is 0 Å². The second kappa shape index (κ2) is 6.62. The molecule has 17 heavy (non-hydrogen) atoms. The Hall–Kier alpha value is -1.06. The van der Waals surface area contributed by atoms with E-state index in [0.29, 0.717) is 6.42 Å². The van der Waals surface area contributed by atoms with Crippen molar-refractivity contribution in [3.8, 4) is 5.75 Å². The summed E-state index contributed by atoms with van der Waals surface area (Å²) >= 11 is 0. The summed E-state index contributed by atoms with van der Waals surface area (Å²) in [6.07, 6.45) is 2.70. The second-order valence-electron chi connectivity index (χ2n) is 3.90. The third kappa shape index (κ3) is 3.45. The normalized spacial score (nSPS) is 11.5. The maximum absolute atomic E-state index is 5.89. The van der Waals surface area contributed by atoms with Gasteiger partial charge >= 0.3 is 5.97 Å². The monoisotopic (exact) mass is 238 g/mol. The maximum atomic E-state index is 5.89. The van der Waals surface area contributed by atoms with Gasteiger partial charge in [0.1, 0.15) is 5.75 Å². The molecule has 0 amide bonds. The molecule has 1 rings (SSSR count). The van der Waals surface area contributed by atoms with Crippen LogP contribution in [-0.4, -0.2) is 20.2 Å². The van der Waals surface area contributed by atoms with Crippen LogP contribution in [0, 0.1) is 0 Å². The first-order chi connectivity index (χ1) is 8.21. The van der Waals surface area contributed by atoms with Gasteiger partial charge in [0.15, 0.2) is 0 Å². The number of rotatable bonds is 7. The molecular weight excluding hydrogens is 216 g/mol. The minimum atomic E-state index is -0.982. The molecule has 0 bridgehead atoms. The van der Waals surface area contributed by atoms with E-state index in [1.807, 2.05) is 25.1 Å². The van der Waals surface area contributed by atoms with Crippen molar-refractivity contribution in [2.24, 2.45) is 0 Å². The first-order valence-corrected chi connectivity index (χ1v) is 6.08. The van der Waals surface area contributed by atoms with E-state index in [9.17, 15) is 0 Å². The van der Waals surface area contributed by atoms with E-state index in [4.69, 9.17) is 14.2 Å². The minimum Gasteiger partial charge on any atom is -0.439 e. The summed E-state index contributed by atoms with van der Waals surface area (Å²) in [6, 6.07) is 8.00. The van der Waals surface area contributed by atoms with Gasteiger partial charge < -0.3 is 14.2 Å². The second-order valence-corrected chi connectivity index (χ2v) is 3.90. The van der Waals surface area contributed by atoms with Crippen molar-refractivity contribution in [1.29, 1.82) is 0 Å². The highest BCUT2D eigenvalue weighted by atomic mass is 16.9. The molecule has 3 nitrogen and oxygen atoms in total.